The molecular formula is C32H31F2N5O4. The fourth-order valence-corrected chi connectivity index (χ4v) is 5.53. The number of aromatic carboxylic acids is 1. The Bertz CT molecular complexity index is 1690. The lowest BCUT2D eigenvalue weighted by atomic mass is 10.0. The predicted octanol–water partition coefficient (Wildman–Crippen LogP) is 5.33. The van der Waals surface area contributed by atoms with Crippen LogP contribution in [0.1, 0.15) is 46.6 Å². The van der Waals surface area contributed by atoms with Gasteiger partial charge in [0, 0.05) is 43.1 Å². The number of likely N-dealkylation sites (tertiary alicyclic amines) is 1. The summed E-state index contributed by atoms with van der Waals surface area (Å²) in [6, 6.07) is 15.7. The van der Waals surface area contributed by atoms with Crippen molar-refractivity contribution in [1.82, 2.24) is 14.5 Å². The van der Waals surface area contributed by atoms with Gasteiger partial charge in [-0.3, -0.25) is 4.90 Å². The average Bonchev–Trinajstić information content (AvgIpc) is 3.32. The molecule has 4 aromatic rings. The van der Waals surface area contributed by atoms with Gasteiger partial charge >= 0.3 is 5.97 Å². The molecule has 0 bridgehead atoms. The monoisotopic (exact) mass is 587 g/mol. The van der Waals surface area contributed by atoms with Crippen molar-refractivity contribution in [2.45, 2.75) is 51.1 Å². The number of ether oxygens (including phenoxy) is 2. The molecule has 2 fully saturated rings. The summed E-state index contributed by atoms with van der Waals surface area (Å²) >= 11 is 0. The smallest absolute Gasteiger partial charge is 0.335 e. The first kappa shape index (κ1) is 28.6. The Labute approximate surface area is 247 Å². The van der Waals surface area contributed by atoms with Crippen LogP contribution < -0.4 is 10.1 Å². The Hall–Kier alpha value is -4.53. The number of hydrogen-bond acceptors (Lipinski definition) is 7. The first-order valence-electron chi connectivity index (χ1n) is 14.3. The van der Waals surface area contributed by atoms with Crippen molar-refractivity contribution in [2.24, 2.45) is 0 Å². The predicted molar refractivity (Wildman–Crippen MR) is 155 cm³/mol. The van der Waals surface area contributed by atoms with Crippen LogP contribution in [0, 0.1) is 23.0 Å². The number of halogens is 2. The van der Waals surface area contributed by atoms with E-state index in [1.54, 1.807) is 30.3 Å². The molecule has 222 valence electrons. The molecule has 3 aromatic carbocycles. The maximum Gasteiger partial charge on any atom is 0.335 e. The largest absolute Gasteiger partial charge is 0.486 e. The third-order valence-corrected chi connectivity index (χ3v) is 8.07. The van der Waals surface area contributed by atoms with Crippen molar-refractivity contribution in [1.29, 1.82) is 5.26 Å². The second-order valence-electron chi connectivity index (χ2n) is 11.0. The highest BCUT2D eigenvalue weighted by molar-refractivity contribution is 5.92. The third-order valence-electron chi connectivity index (χ3n) is 8.07. The summed E-state index contributed by atoms with van der Waals surface area (Å²) in [5, 5.41) is 21.9. The maximum absolute atomic E-state index is 14.5. The Balaban J connectivity index is 1.07. The van der Waals surface area contributed by atoms with Crippen LogP contribution in [-0.4, -0.2) is 57.4 Å². The van der Waals surface area contributed by atoms with Gasteiger partial charge in [0.1, 0.15) is 18.2 Å². The molecule has 0 amide bonds. The van der Waals surface area contributed by atoms with E-state index >= 15 is 0 Å². The minimum atomic E-state index is -0.967. The Kier molecular flexibility index (Phi) is 8.22. The molecule has 1 atom stereocenters. The van der Waals surface area contributed by atoms with Gasteiger partial charge in [-0.05, 0) is 61.7 Å². The number of carboxylic acids is 1. The zero-order chi connectivity index (χ0) is 29.9. The number of fused-ring (bicyclic) bond motifs is 1. The summed E-state index contributed by atoms with van der Waals surface area (Å²) in [5.41, 5.74) is 2.97. The van der Waals surface area contributed by atoms with Gasteiger partial charge in [0.15, 0.2) is 11.6 Å². The van der Waals surface area contributed by atoms with Gasteiger partial charge in [-0.2, -0.15) is 5.26 Å². The summed E-state index contributed by atoms with van der Waals surface area (Å²) in [7, 11) is 0. The standard InChI is InChI=1S/C32H31F2N5O4/c33-26-5-4-24(15-30(26)43-19-22-2-1-20(16-35)13-27(22)34)36-23-7-10-38(11-8-23)18-31-37-28-6-3-21(32(40)41)14-29(28)39(31)17-25-9-12-42-25/h1-6,13-15,23,25,36H,7-12,17-19H2,(H,40,41)/t25-/m0/s1. The molecule has 0 unspecified atom stereocenters. The molecular weight excluding hydrogens is 556 g/mol. The van der Waals surface area contributed by atoms with Gasteiger partial charge < -0.3 is 24.5 Å². The van der Waals surface area contributed by atoms with E-state index in [-0.39, 0.29) is 41.2 Å². The molecule has 2 aliphatic heterocycles. The van der Waals surface area contributed by atoms with E-state index in [1.807, 2.05) is 6.07 Å². The van der Waals surface area contributed by atoms with Crippen LogP contribution in [0.2, 0.25) is 0 Å². The van der Waals surface area contributed by atoms with E-state index < -0.39 is 17.6 Å². The third kappa shape index (κ3) is 6.45. The number of benzene rings is 3. The molecule has 11 heteroatoms. The summed E-state index contributed by atoms with van der Waals surface area (Å²) in [4.78, 5) is 18.8. The van der Waals surface area contributed by atoms with Crippen LogP contribution in [0.25, 0.3) is 11.0 Å². The summed E-state index contributed by atoms with van der Waals surface area (Å²) in [5.74, 6) is -1.17. The molecule has 43 heavy (non-hydrogen) atoms. The molecule has 0 radical (unpaired) electrons. The summed E-state index contributed by atoms with van der Waals surface area (Å²) in [6.07, 6.45) is 2.79. The van der Waals surface area contributed by atoms with E-state index in [0.717, 1.165) is 61.9 Å². The molecule has 0 spiro atoms. The number of aromatic nitrogens is 2. The second-order valence-corrected chi connectivity index (χ2v) is 11.0. The van der Waals surface area contributed by atoms with E-state index in [9.17, 15) is 18.7 Å². The highest BCUT2D eigenvalue weighted by Gasteiger charge is 2.25. The number of nitriles is 1. The maximum atomic E-state index is 14.5. The minimum Gasteiger partial charge on any atom is -0.486 e. The van der Waals surface area contributed by atoms with Crippen LogP contribution >= 0.6 is 0 Å². The van der Waals surface area contributed by atoms with Crippen LogP contribution in [0.15, 0.2) is 54.6 Å². The molecule has 0 aliphatic carbocycles. The Morgan fingerprint density at radius 3 is 2.60 bits per heavy atom. The van der Waals surface area contributed by atoms with Gasteiger partial charge in [0.2, 0.25) is 0 Å². The SMILES string of the molecule is N#Cc1ccc(COc2cc(NC3CCN(Cc4nc5ccc(C(=O)O)cc5n4C[C@@H]4CCO4)CC3)ccc2F)c(F)c1. The number of rotatable bonds is 10. The fraction of sp³-hybridized carbons (Fsp3) is 0.344. The first-order chi connectivity index (χ1) is 20.9. The van der Waals surface area contributed by atoms with Gasteiger partial charge in [-0.1, -0.05) is 6.07 Å². The number of anilines is 1. The van der Waals surface area contributed by atoms with Crippen molar-refractivity contribution < 1.29 is 28.2 Å². The Morgan fingerprint density at radius 1 is 1.09 bits per heavy atom. The highest BCUT2D eigenvalue weighted by Crippen LogP contribution is 2.27. The minimum absolute atomic E-state index is 0.0200. The van der Waals surface area contributed by atoms with E-state index in [0.29, 0.717) is 18.8 Å². The van der Waals surface area contributed by atoms with Crippen LogP contribution in [0.3, 0.4) is 0 Å². The molecule has 2 aliphatic rings. The summed E-state index contributed by atoms with van der Waals surface area (Å²) < 4.78 is 42.0. The zero-order valence-electron chi connectivity index (χ0n) is 23.4. The highest BCUT2D eigenvalue weighted by atomic mass is 19.1. The van der Waals surface area contributed by atoms with Crippen LogP contribution in [-0.2, 0) is 24.4 Å². The molecule has 3 heterocycles. The van der Waals surface area contributed by atoms with E-state index in [1.165, 1.54) is 18.2 Å². The Morgan fingerprint density at radius 2 is 1.91 bits per heavy atom. The van der Waals surface area contributed by atoms with E-state index in [4.69, 9.17) is 19.7 Å². The lowest BCUT2D eigenvalue weighted by molar-refractivity contribution is -0.0592. The van der Waals surface area contributed by atoms with Gasteiger partial charge in [0.05, 0.1) is 47.4 Å². The normalized spacial score (nSPS) is 17.4. The lowest BCUT2D eigenvalue weighted by Crippen LogP contribution is -2.39. The average molecular weight is 588 g/mol. The topological polar surface area (TPSA) is 113 Å². The quantitative estimate of drug-likeness (QED) is 0.256. The number of nitrogens with zero attached hydrogens (tertiary/aromatic N) is 4. The van der Waals surface area contributed by atoms with Gasteiger partial charge in [-0.25, -0.2) is 18.6 Å². The lowest BCUT2D eigenvalue weighted by Gasteiger charge is -2.33. The van der Waals surface area contributed by atoms with Crippen LogP contribution in [0.5, 0.6) is 5.75 Å². The van der Waals surface area contributed by atoms with Crippen molar-refractivity contribution >= 4 is 22.7 Å². The first-order valence-corrected chi connectivity index (χ1v) is 14.3. The molecule has 2 N–H and O–H groups in total. The number of hydrogen-bond donors (Lipinski definition) is 2. The van der Waals surface area contributed by atoms with E-state index in [2.05, 4.69) is 14.8 Å². The molecule has 9 nitrogen and oxygen atoms in total. The number of imidazole rings is 1. The second kappa shape index (κ2) is 12.4. The number of carboxylic acid groups (broad SMARTS) is 1. The van der Waals surface area contributed by atoms with Crippen molar-refractivity contribution in [3.63, 3.8) is 0 Å². The number of piperidine rings is 1. The molecule has 6 rings (SSSR count). The number of carbonyl (C=O) groups is 1. The summed E-state index contributed by atoms with van der Waals surface area (Å²) in [6.45, 7) is 3.50. The van der Waals surface area contributed by atoms with Crippen LogP contribution in [0.4, 0.5) is 14.5 Å². The molecule has 0 saturated carbocycles. The molecule has 2 saturated heterocycles. The zero-order valence-corrected chi connectivity index (χ0v) is 23.4. The van der Waals surface area contributed by atoms with Gasteiger partial charge in [-0.15, -0.1) is 0 Å². The number of nitrogens with one attached hydrogen (secondary N) is 1. The van der Waals surface area contributed by atoms with Crippen molar-refractivity contribution in [3.8, 4) is 11.8 Å². The van der Waals surface area contributed by atoms with Crippen molar-refractivity contribution in [3.05, 3.63) is 88.7 Å². The fourth-order valence-electron chi connectivity index (χ4n) is 5.53. The van der Waals surface area contributed by atoms with Gasteiger partial charge in [0.25, 0.3) is 0 Å². The van der Waals surface area contributed by atoms with Crippen molar-refractivity contribution in [2.75, 3.05) is 25.0 Å². The molecule has 1 aromatic heterocycles.